The Balaban J connectivity index is 1.54. The number of carbonyl (C=O) groups excluding carboxylic acids is 1. The van der Waals surface area contributed by atoms with Crippen LogP contribution in [-0.4, -0.2) is 86.5 Å². The van der Waals surface area contributed by atoms with E-state index in [0.717, 1.165) is 6.07 Å². The molecule has 2 heterocycles. The first kappa shape index (κ1) is 30.8. The van der Waals surface area contributed by atoms with E-state index < -0.39 is 60.9 Å². The highest BCUT2D eigenvalue weighted by atomic mass is 79.9. The first-order valence-electron chi connectivity index (χ1n) is 12.8. The molecule has 42 heavy (non-hydrogen) atoms. The zero-order valence-electron chi connectivity index (χ0n) is 21.9. The van der Waals surface area contributed by atoms with Crippen molar-refractivity contribution in [3.8, 4) is 17.3 Å². The number of halogens is 4. The average Bonchev–Trinajstić information content (AvgIpc) is 3.46. The monoisotopic (exact) mass is 683 g/mol. The summed E-state index contributed by atoms with van der Waals surface area (Å²) in [5.74, 6) is -1.37. The Morgan fingerprint density at radius 3 is 2.64 bits per heavy atom. The summed E-state index contributed by atoms with van der Waals surface area (Å²) in [5, 5.41) is 49.2. The van der Waals surface area contributed by atoms with Gasteiger partial charge in [-0.3, -0.25) is 4.79 Å². The van der Waals surface area contributed by atoms with E-state index in [1.54, 1.807) is 12.1 Å². The number of rotatable bonds is 7. The van der Waals surface area contributed by atoms with E-state index in [-0.39, 0.29) is 26.9 Å². The molecule has 1 aliphatic heterocycles. The number of aliphatic hydroxyl groups is 3. The van der Waals surface area contributed by atoms with Crippen LogP contribution in [0.4, 0.5) is 10.1 Å². The molecule has 222 valence electrons. The van der Waals surface area contributed by atoms with Crippen molar-refractivity contribution < 1.29 is 34.0 Å². The highest BCUT2D eigenvalue weighted by molar-refractivity contribution is 9.10. The largest absolute Gasteiger partial charge is 0.394 e. The standard InChI is InChI=1S/C27H25BrCl2FN5O6/c1-41-25-23(35-10-18(33-34-35)13-6-16(29)22(30)17(31)7-13)24(39)21(11-37)42-26(25)27(40)36(19-2-3-20(19)38)15-5-12(9-32)4-14(28)8-15/h4-8,10,19-21,23-26,37-39H,2-3,11H2,1H3/t19-,20-,21-,23+,24+,25-,26-/m1/s1. The molecule has 2 fully saturated rings. The molecule has 5 rings (SSSR count). The Labute approximate surface area is 258 Å². The third kappa shape index (κ3) is 5.66. The van der Waals surface area contributed by atoms with Crippen LogP contribution >= 0.6 is 39.1 Å². The fourth-order valence-corrected chi connectivity index (χ4v) is 6.08. The van der Waals surface area contributed by atoms with Gasteiger partial charge in [-0.25, -0.2) is 9.07 Å². The number of amides is 1. The summed E-state index contributed by atoms with van der Waals surface area (Å²) >= 11 is 15.2. The summed E-state index contributed by atoms with van der Waals surface area (Å²) < 4.78 is 27.7. The Bertz CT molecular complexity index is 1520. The molecule has 1 aliphatic carbocycles. The molecular weight excluding hydrogens is 660 g/mol. The van der Waals surface area contributed by atoms with Crippen molar-refractivity contribution in [2.45, 2.75) is 55.4 Å². The molecule has 1 amide bonds. The third-order valence-electron chi connectivity index (χ3n) is 7.54. The number of hydrogen-bond donors (Lipinski definition) is 3. The summed E-state index contributed by atoms with van der Waals surface area (Å²) in [6, 6.07) is 7.66. The molecular formula is C27H25BrCl2FN5O6. The van der Waals surface area contributed by atoms with Crippen LogP contribution in [0.2, 0.25) is 10.0 Å². The number of aromatic nitrogens is 3. The van der Waals surface area contributed by atoms with Gasteiger partial charge in [-0.1, -0.05) is 44.3 Å². The highest BCUT2D eigenvalue weighted by Crippen LogP contribution is 2.38. The van der Waals surface area contributed by atoms with E-state index in [2.05, 4.69) is 32.3 Å². The number of carbonyl (C=O) groups is 1. The second-order valence-electron chi connectivity index (χ2n) is 10.0. The van der Waals surface area contributed by atoms with Gasteiger partial charge in [-0.2, -0.15) is 5.26 Å². The van der Waals surface area contributed by atoms with Gasteiger partial charge in [0.1, 0.15) is 35.9 Å². The van der Waals surface area contributed by atoms with Crippen molar-refractivity contribution in [2.24, 2.45) is 0 Å². The molecule has 3 aromatic rings. The molecule has 11 nitrogen and oxygen atoms in total. The van der Waals surface area contributed by atoms with E-state index in [9.17, 15) is 29.8 Å². The van der Waals surface area contributed by atoms with Gasteiger partial charge < -0.3 is 29.7 Å². The molecule has 1 saturated carbocycles. The molecule has 1 saturated heterocycles. The highest BCUT2D eigenvalue weighted by Gasteiger charge is 2.52. The second kappa shape index (κ2) is 12.5. The van der Waals surface area contributed by atoms with Gasteiger partial charge in [0.2, 0.25) is 0 Å². The van der Waals surface area contributed by atoms with Crippen molar-refractivity contribution in [1.29, 1.82) is 5.26 Å². The average molecular weight is 685 g/mol. The van der Waals surface area contributed by atoms with Crippen molar-refractivity contribution >= 4 is 50.7 Å². The minimum Gasteiger partial charge on any atom is -0.394 e. The quantitative estimate of drug-likeness (QED) is 0.318. The van der Waals surface area contributed by atoms with E-state index in [1.165, 1.54) is 35.0 Å². The summed E-state index contributed by atoms with van der Waals surface area (Å²) in [5.41, 5.74) is 1.10. The van der Waals surface area contributed by atoms with E-state index in [1.807, 2.05) is 0 Å². The van der Waals surface area contributed by atoms with Crippen molar-refractivity contribution in [2.75, 3.05) is 18.6 Å². The maximum atomic E-state index is 14.3. The van der Waals surface area contributed by atoms with Gasteiger partial charge in [0.15, 0.2) is 6.10 Å². The van der Waals surface area contributed by atoms with Crippen LogP contribution in [0.1, 0.15) is 24.4 Å². The Hall–Kier alpha value is -2.67. The number of hydrogen-bond acceptors (Lipinski definition) is 9. The van der Waals surface area contributed by atoms with Crippen LogP contribution in [0, 0.1) is 17.1 Å². The maximum Gasteiger partial charge on any atom is 0.259 e. The number of methoxy groups -OCH3 is 1. The van der Waals surface area contributed by atoms with Gasteiger partial charge in [0, 0.05) is 22.8 Å². The van der Waals surface area contributed by atoms with Gasteiger partial charge in [0.05, 0.1) is 46.6 Å². The first-order chi connectivity index (χ1) is 20.1. The Morgan fingerprint density at radius 1 is 1.29 bits per heavy atom. The minimum absolute atomic E-state index is 0.0292. The molecule has 15 heteroatoms. The van der Waals surface area contributed by atoms with Gasteiger partial charge in [-0.15, -0.1) is 5.10 Å². The molecule has 3 N–H and O–H groups in total. The predicted molar refractivity (Wildman–Crippen MR) is 152 cm³/mol. The molecule has 2 aromatic carbocycles. The predicted octanol–water partition coefficient (Wildman–Crippen LogP) is 3.26. The fraction of sp³-hybridized carbons (Fsp3) is 0.407. The lowest BCUT2D eigenvalue weighted by atomic mass is 9.85. The summed E-state index contributed by atoms with van der Waals surface area (Å²) in [6.45, 7) is -0.640. The SMILES string of the molecule is CO[C@@H]1[C@@H](n2cc(-c3cc(F)c(Cl)c(Cl)c3)nn2)[C@@H](O)[C@@H](CO)O[C@H]1C(=O)N(c1cc(Br)cc(C#N)c1)[C@@H]1CC[C@H]1O. The van der Waals surface area contributed by atoms with Crippen LogP contribution in [0.3, 0.4) is 0 Å². The molecule has 0 radical (unpaired) electrons. The lowest BCUT2D eigenvalue weighted by Gasteiger charge is -2.47. The number of ether oxygens (including phenoxy) is 2. The molecule has 7 atom stereocenters. The van der Waals surface area contributed by atoms with Gasteiger partial charge in [0.25, 0.3) is 5.91 Å². The van der Waals surface area contributed by atoms with Crippen molar-refractivity contribution in [1.82, 2.24) is 15.0 Å². The Morgan fingerprint density at radius 2 is 2.05 bits per heavy atom. The van der Waals surface area contributed by atoms with E-state index in [4.69, 9.17) is 32.7 Å². The van der Waals surface area contributed by atoms with Crippen LogP contribution in [0.15, 0.2) is 41.0 Å². The summed E-state index contributed by atoms with van der Waals surface area (Å²) in [6.07, 6.45) is -3.59. The number of anilines is 1. The Kier molecular flexibility index (Phi) is 9.17. The molecule has 0 spiro atoms. The van der Waals surface area contributed by atoms with Crippen LogP contribution in [0.25, 0.3) is 11.3 Å². The normalized spacial score (nSPS) is 27.3. The number of nitriles is 1. The molecule has 0 bridgehead atoms. The van der Waals surface area contributed by atoms with Gasteiger partial charge in [-0.05, 0) is 43.2 Å². The topological polar surface area (TPSA) is 154 Å². The lowest BCUT2D eigenvalue weighted by Crippen LogP contribution is -2.64. The summed E-state index contributed by atoms with van der Waals surface area (Å²) in [7, 11) is 1.33. The van der Waals surface area contributed by atoms with Crippen LogP contribution < -0.4 is 4.90 Å². The molecule has 1 aromatic heterocycles. The third-order valence-corrected chi connectivity index (χ3v) is 8.78. The van der Waals surface area contributed by atoms with E-state index in [0.29, 0.717) is 23.0 Å². The smallest absolute Gasteiger partial charge is 0.259 e. The fourth-order valence-electron chi connectivity index (χ4n) is 5.28. The van der Waals surface area contributed by atoms with Crippen molar-refractivity contribution in [3.63, 3.8) is 0 Å². The zero-order valence-corrected chi connectivity index (χ0v) is 25.0. The maximum absolute atomic E-state index is 14.3. The van der Waals surface area contributed by atoms with E-state index >= 15 is 0 Å². The lowest BCUT2D eigenvalue weighted by molar-refractivity contribution is -0.211. The summed E-state index contributed by atoms with van der Waals surface area (Å²) in [4.78, 5) is 15.6. The van der Waals surface area contributed by atoms with Crippen LogP contribution in [0.5, 0.6) is 0 Å². The number of nitrogens with zero attached hydrogens (tertiary/aromatic N) is 5. The van der Waals surface area contributed by atoms with Crippen LogP contribution in [-0.2, 0) is 14.3 Å². The minimum atomic E-state index is -1.40. The first-order valence-corrected chi connectivity index (χ1v) is 14.4. The molecule has 2 aliphatic rings. The second-order valence-corrected chi connectivity index (χ2v) is 11.7. The van der Waals surface area contributed by atoms with Crippen molar-refractivity contribution in [3.05, 3.63) is 62.4 Å². The van der Waals surface area contributed by atoms with Gasteiger partial charge >= 0.3 is 0 Å². The number of aliphatic hydroxyl groups excluding tert-OH is 3. The zero-order chi connectivity index (χ0) is 30.3. The molecule has 0 unspecified atom stereocenters. The number of benzene rings is 2.